The van der Waals surface area contributed by atoms with Crippen molar-refractivity contribution in [2.24, 2.45) is 0 Å². The SMILES string of the molecule is COc1ncc(-c2cc3c(c(C(=O)O)c2)OCC3)cn1. The summed E-state index contributed by atoms with van der Waals surface area (Å²) in [4.78, 5) is 19.4. The van der Waals surface area contributed by atoms with Crippen molar-refractivity contribution >= 4 is 5.97 Å². The van der Waals surface area contributed by atoms with Crippen LogP contribution in [0.5, 0.6) is 11.8 Å². The molecule has 0 aliphatic carbocycles. The number of ether oxygens (including phenoxy) is 2. The van der Waals surface area contributed by atoms with Crippen LogP contribution in [0.4, 0.5) is 0 Å². The van der Waals surface area contributed by atoms with Gasteiger partial charge in [0.2, 0.25) is 0 Å². The minimum absolute atomic E-state index is 0.172. The van der Waals surface area contributed by atoms with Crippen molar-refractivity contribution in [2.75, 3.05) is 13.7 Å². The molecule has 1 aromatic heterocycles. The molecular formula is C14H12N2O4. The van der Waals surface area contributed by atoms with Gasteiger partial charge in [-0.3, -0.25) is 0 Å². The number of benzene rings is 1. The zero-order chi connectivity index (χ0) is 14.1. The lowest BCUT2D eigenvalue weighted by Crippen LogP contribution is -2.01. The maximum atomic E-state index is 11.3. The third-order valence-corrected chi connectivity index (χ3v) is 3.16. The van der Waals surface area contributed by atoms with Crippen LogP contribution >= 0.6 is 0 Å². The van der Waals surface area contributed by atoms with Crippen molar-refractivity contribution in [2.45, 2.75) is 6.42 Å². The molecular weight excluding hydrogens is 260 g/mol. The van der Waals surface area contributed by atoms with E-state index in [0.29, 0.717) is 18.8 Å². The Hall–Kier alpha value is -2.63. The topological polar surface area (TPSA) is 81.5 Å². The van der Waals surface area contributed by atoms with E-state index in [2.05, 4.69) is 9.97 Å². The minimum Gasteiger partial charge on any atom is -0.492 e. The zero-order valence-electron chi connectivity index (χ0n) is 10.8. The molecule has 3 rings (SSSR count). The van der Waals surface area contributed by atoms with Crippen LogP contribution in [0.3, 0.4) is 0 Å². The molecule has 0 saturated carbocycles. The highest BCUT2D eigenvalue weighted by molar-refractivity contribution is 5.93. The molecule has 2 heterocycles. The fourth-order valence-corrected chi connectivity index (χ4v) is 2.20. The number of carboxylic acids is 1. The Kier molecular flexibility index (Phi) is 2.98. The summed E-state index contributed by atoms with van der Waals surface area (Å²) in [6, 6.07) is 3.77. The number of methoxy groups -OCH3 is 1. The molecule has 0 radical (unpaired) electrons. The van der Waals surface area contributed by atoms with E-state index in [-0.39, 0.29) is 11.6 Å². The van der Waals surface area contributed by atoms with Gasteiger partial charge in [0.05, 0.1) is 13.7 Å². The molecule has 102 valence electrons. The van der Waals surface area contributed by atoms with Crippen LogP contribution in [0.2, 0.25) is 0 Å². The predicted octanol–water partition coefficient (Wildman–Crippen LogP) is 1.79. The van der Waals surface area contributed by atoms with E-state index in [1.54, 1.807) is 18.5 Å². The largest absolute Gasteiger partial charge is 0.492 e. The second kappa shape index (κ2) is 4.80. The van der Waals surface area contributed by atoms with E-state index in [1.165, 1.54) is 7.11 Å². The highest BCUT2D eigenvalue weighted by Gasteiger charge is 2.22. The van der Waals surface area contributed by atoms with Crippen molar-refractivity contribution in [1.29, 1.82) is 0 Å². The average molecular weight is 272 g/mol. The molecule has 0 unspecified atom stereocenters. The van der Waals surface area contributed by atoms with Gasteiger partial charge in [0, 0.05) is 24.4 Å². The molecule has 1 aromatic carbocycles. The molecule has 0 atom stereocenters. The first kappa shape index (κ1) is 12.4. The molecule has 0 fully saturated rings. The summed E-state index contributed by atoms with van der Waals surface area (Å²) >= 11 is 0. The van der Waals surface area contributed by atoms with Crippen LogP contribution in [0.15, 0.2) is 24.5 Å². The molecule has 6 heteroatoms. The van der Waals surface area contributed by atoms with Gasteiger partial charge in [-0.05, 0) is 23.3 Å². The van der Waals surface area contributed by atoms with Crippen LogP contribution < -0.4 is 9.47 Å². The molecule has 2 aromatic rings. The van der Waals surface area contributed by atoms with Gasteiger partial charge in [-0.2, -0.15) is 0 Å². The summed E-state index contributed by atoms with van der Waals surface area (Å²) in [5.41, 5.74) is 2.57. The minimum atomic E-state index is -1.00. The third kappa shape index (κ3) is 2.05. The highest BCUT2D eigenvalue weighted by atomic mass is 16.5. The van der Waals surface area contributed by atoms with Crippen LogP contribution in [-0.4, -0.2) is 34.8 Å². The van der Waals surface area contributed by atoms with Gasteiger partial charge >= 0.3 is 12.0 Å². The smallest absolute Gasteiger partial charge is 0.339 e. The molecule has 6 nitrogen and oxygen atoms in total. The molecule has 0 bridgehead atoms. The molecule has 0 saturated heterocycles. The second-order valence-corrected chi connectivity index (χ2v) is 4.37. The number of carbonyl (C=O) groups is 1. The lowest BCUT2D eigenvalue weighted by Gasteiger charge is -2.08. The third-order valence-electron chi connectivity index (χ3n) is 3.16. The Bertz CT molecular complexity index is 668. The van der Waals surface area contributed by atoms with Gasteiger partial charge in [-0.1, -0.05) is 0 Å². The molecule has 1 aliphatic rings. The van der Waals surface area contributed by atoms with E-state index in [0.717, 1.165) is 16.7 Å². The van der Waals surface area contributed by atoms with E-state index in [9.17, 15) is 9.90 Å². The average Bonchev–Trinajstić information content (AvgIpc) is 2.94. The van der Waals surface area contributed by atoms with Crippen LogP contribution in [0.1, 0.15) is 15.9 Å². The molecule has 0 spiro atoms. The van der Waals surface area contributed by atoms with E-state index < -0.39 is 5.97 Å². The number of hydrogen-bond donors (Lipinski definition) is 1. The van der Waals surface area contributed by atoms with Crippen molar-refractivity contribution in [1.82, 2.24) is 9.97 Å². The van der Waals surface area contributed by atoms with Gasteiger partial charge in [0.15, 0.2) is 0 Å². The summed E-state index contributed by atoms with van der Waals surface area (Å²) in [7, 11) is 1.49. The number of hydrogen-bond acceptors (Lipinski definition) is 5. The molecule has 1 aliphatic heterocycles. The lowest BCUT2D eigenvalue weighted by atomic mass is 10.00. The van der Waals surface area contributed by atoms with E-state index in [1.807, 2.05) is 6.07 Å². The predicted molar refractivity (Wildman–Crippen MR) is 70.2 cm³/mol. The second-order valence-electron chi connectivity index (χ2n) is 4.37. The van der Waals surface area contributed by atoms with Crippen LogP contribution in [0, 0.1) is 0 Å². The van der Waals surface area contributed by atoms with Gasteiger partial charge in [0.1, 0.15) is 11.3 Å². The normalized spacial score (nSPS) is 12.7. The number of fused-ring (bicyclic) bond motifs is 1. The summed E-state index contributed by atoms with van der Waals surface area (Å²) < 4.78 is 10.3. The molecule has 20 heavy (non-hydrogen) atoms. The van der Waals surface area contributed by atoms with Crippen molar-refractivity contribution in [3.05, 3.63) is 35.7 Å². The Labute approximate surface area is 115 Å². The monoisotopic (exact) mass is 272 g/mol. The first-order valence-electron chi connectivity index (χ1n) is 6.08. The summed E-state index contributed by atoms with van der Waals surface area (Å²) in [5.74, 6) is -0.532. The number of rotatable bonds is 3. The van der Waals surface area contributed by atoms with Gasteiger partial charge in [-0.15, -0.1) is 0 Å². The summed E-state index contributed by atoms with van der Waals surface area (Å²) in [6.45, 7) is 0.512. The lowest BCUT2D eigenvalue weighted by molar-refractivity contribution is 0.0693. The zero-order valence-corrected chi connectivity index (χ0v) is 10.8. The van der Waals surface area contributed by atoms with E-state index in [4.69, 9.17) is 9.47 Å². The Morgan fingerprint density at radius 2 is 2.05 bits per heavy atom. The van der Waals surface area contributed by atoms with Gasteiger partial charge in [-0.25, -0.2) is 14.8 Å². The quantitative estimate of drug-likeness (QED) is 0.917. The van der Waals surface area contributed by atoms with Gasteiger partial charge < -0.3 is 14.6 Å². The standard InChI is InChI=1S/C14H12N2O4/c1-19-14-15-6-10(7-16-14)9-4-8-2-3-20-12(8)11(5-9)13(17)18/h4-7H,2-3H2,1H3,(H,17,18). The molecule has 1 N–H and O–H groups in total. The number of nitrogens with zero attached hydrogens (tertiary/aromatic N) is 2. The fraction of sp³-hybridized carbons (Fsp3) is 0.214. The summed E-state index contributed by atoms with van der Waals surface area (Å²) in [6.07, 6.45) is 3.92. The first-order valence-corrected chi connectivity index (χ1v) is 6.08. The maximum absolute atomic E-state index is 11.3. The highest BCUT2D eigenvalue weighted by Crippen LogP contribution is 2.34. The number of aromatic nitrogens is 2. The van der Waals surface area contributed by atoms with Crippen molar-refractivity contribution in [3.8, 4) is 22.9 Å². The molecule has 0 amide bonds. The Morgan fingerprint density at radius 1 is 1.30 bits per heavy atom. The maximum Gasteiger partial charge on any atom is 0.339 e. The Morgan fingerprint density at radius 3 is 2.70 bits per heavy atom. The van der Waals surface area contributed by atoms with Crippen LogP contribution in [0.25, 0.3) is 11.1 Å². The first-order chi connectivity index (χ1) is 9.69. The van der Waals surface area contributed by atoms with E-state index >= 15 is 0 Å². The van der Waals surface area contributed by atoms with Crippen LogP contribution in [-0.2, 0) is 6.42 Å². The number of aromatic carboxylic acids is 1. The Balaban J connectivity index is 2.09. The van der Waals surface area contributed by atoms with Crippen molar-refractivity contribution < 1.29 is 19.4 Å². The summed E-state index contributed by atoms with van der Waals surface area (Å²) in [5, 5.41) is 9.27. The fourth-order valence-electron chi connectivity index (χ4n) is 2.20. The van der Waals surface area contributed by atoms with Gasteiger partial charge in [0.25, 0.3) is 0 Å². The number of carboxylic acid groups (broad SMARTS) is 1. The van der Waals surface area contributed by atoms with Crippen molar-refractivity contribution in [3.63, 3.8) is 0 Å².